The topological polar surface area (TPSA) is 68.2 Å². The Morgan fingerprint density at radius 3 is 2.60 bits per heavy atom. The van der Waals surface area contributed by atoms with Crippen molar-refractivity contribution in [2.45, 2.75) is 16.7 Å². The van der Waals surface area contributed by atoms with Gasteiger partial charge in [-0.1, -0.05) is 29.0 Å². The molecule has 0 aliphatic heterocycles. The number of hydrogen-bond acceptors (Lipinski definition) is 5. The molecular formula is C17H18N2O3S3. The van der Waals surface area contributed by atoms with E-state index in [2.05, 4.69) is 4.72 Å². The third-order valence-corrected chi connectivity index (χ3v) is 7.23. The van der Waals surface area contributed by atoms with Crippen LogP contribution >= 0.6 is 23.1 Å². The first-order chi connectivity index (χ1) is 11.9. The Hall–Kier alpha value is -1.61. The van der Waals surface area contributed by atoms with Crippen LogP contribution in [-0.2, 0) is 17.1 Å². The van der Waals surface area contributed by atoms with Gasteiger partial charge >= 0.3 is 4.87 Å². The first-order valence-corrected chi connectivity index (χ1v) is 10.9. The summed E-state index contributed by atoms with van der Waals surface area (Å²) in [6, 6.07) is 12.9. The molecule has 0 spiro atoms. The maximum absolute atomic E-state index is 12.4. The van der Waals surface area contributed by atoms with Crippen molar-refractivity contribution in [2.75, 3.05) is 12.3 Å². The van der Waals surface area contributed by atoms with Gasteiger partial charge in [0, 0.05) is 24.2 Å². The van der Waals surface area contributed by atoms with Crippen LogP contribution in [0.2, 0.25) is 0 Å². The molecule has 0 atom stereocenters. The molecule has 132 valence electrons. The average molecular weight is 395 g/mol. The standard InChI is InChI=1S/C17H18N2O3S3/c1-12-3-5-13(6-4-12)23-10-9-18-25(21,22)14-7-8-15-16(11-14)24-17(20)19(15)2/h3-8,11,18H,9-10H2,1-2H3. The number of nitrogens with zero attached hydrogens (tertiary/aromatic N) is 1. The highest BCUT2D eigenvalue weighted by atomic mass is 32.2. The van der Waals surface area contributed by atoms with Crippen LogP contribution in [0.1, 0.15) is 5.56 Å². The summed E-state index contributed by atoms with van der Waals surface area (Å²) in [4.78, 5) is 12.9. The lowest BCUT2D eigenvalue weighted by molar-refractivity contribution is 0.584. The number of thiazole rings is 1. The minimum absolute atomic E-state index is 0.105. The average Bonchev–Trinajstić information content (AvgIpc) is 2.87. The molecule has 0 aliphatic carbocycles. The maximum Gasteiger partial charge on any atom is 0.307 e. The van der Waals surface area contributed by atoms with Crippen molar-refractivity contribution in [3.05, 3.63) is 57.7 Å². The Balaban J connectivity index is 1.65. The highest BCUT2D eigenvalue weighted by Gasteiger charge is 2.15. The van der Waals surface area contributed by atoms with E-state index in [0.29, 0.717) is 17.0 Å². The Morgan fingerprint density at radius 1 is 1.16 bits per heavy atom. The minimum Gasteiger partial charge on any atom is -0.302 e. The molecule has 0 amide bonds. The first kappa shape index (κ1) is 18.2. The van der Waals surface area contributed by atoms with Gasteiger partial charge in [-0.05, 0) is 37.3 Å². The maximum atomic E-state index is 12.4. The number of rotatable bonds is 6. The molecule has 5 nitrogen and oxygen atoms in total. The second-order valence-corrected chi connectivity index (χ2v) is 9.54. The summed E-state index contributed by atoms with van der Waals surface area (Å²) in [5.41, 5.74) is 1.94. The van der Waals surface area contributed by atoms with Gasteiger partial charge in [0.15, 0.2) is 0 Å². The Kier molecular flexibility index (Phi) is 5.33. The van der Waals surface area contributed by atoms with E-state index in [9.17, 15) is 13.2 Å². The Morgan fingerprint density at radius 2 is 1.88 bits per heavy atom. The highest BCUT2D eigenvalue weighted by Crippen LogP contribution is 2.21. The van der Waals surface area contributed by atoms with Gasteiger partial charge in [-0.15, -0.1) is 11.8 Å². The fourth-order valence-electron chi connectivity index (χ4n) is 2.34. The lowest BCUT2D eigenvalue weighted by Crippen LogP contribution is -2.26. The molecule has 0 radical (unpaired) electrons. The lowest BCUT2D eigenvalue weighted by Gasteiger charge is -2.07. The number of thioether (sulfide) groups is 1. The fourth-order valence-corrected chi connectivity index (χ4v) is 5.29. The van der Waals surface area contributed by atoms with E-state index < -0.39 is 10.0 Å². The zero-order valence-corrected chi connectivity index (χ0v) is 16.3. The highest BCUT2D eigenvalue weighted by molar-refractivity contribution is 7.99. The number of aryl methyl sites for hydroxylation is 2. The van der Waals surface area contributed by atoms with Crippen molar-refractivity contribution < 1.29 is 8.42 Å². The van der Waals surface area contributed by atoms with Crippen molar-refractivity contribution >= 4 is 43.3 Å². The van der Waals surface area contributed by atoms with E-state index in [-0.39, 0.29) is 9.77 Å². The number of nitrogens with one attached hydrogen (secondary N) is 1. The van der Waals surface area contributed by atoms with Crippen molar-refractivity contribution in [1.29, 1.82) is 0 Å². The van der Waals surface area contributed by atoms with E-state index in [1.807, 2.05) is 31.2 Å². The smallest absolute Gasteiger partial charge is 0.302 e. The Bertz CT molecular complexity index is 1050. The third-order valence-electron chi connectivity index (χ3n) is 3.76. The number of hydrogen-bond donors (Lipinski definition) is 1. The molecule has 0 unspecified atom stereocenters. The van der Waals surface area contributed by atoms with Crippen LogP contribution in [0.5, 0.6) is 0 Å². The van der Waals surface area contributed by atoms with Crippen LogP contribution in [0.3, 0.4) is 0 Å². The van der Waals surface area contributed by atoms with E-state index >= 15 is 0 Å². The second-order valence-electron chi connectivity index (χ2n) is 5.62. The van der Waals surface area contributed by atoms with E-state index in [1.165, 1.54) is 16.2 Å². The normalized spacial score (nSPS) is 11.9. The van der Waals surface area contributed by atoms with Gasteiger partial charge in [0.05, 0.1) is 15.1 Å². The van der Waals surface area contributed by atoms with Gasteiger partial charge in [-0.3, -0.25) is 4.79 Å². The summed E-state index contributed by atoms with van der Waals surface area (Å²) in [6.45, 7) is 2.37. The zero-order valence-electron chi connectivity index (χ0n) is 13.9. The predicted octanol–water partition coefficient (Wildman–Crippen LogP) is 2.98. The molecule has 3 rings (SSSR count). The molecule has 8 heteroatoms. The SMILES string of the molecule is Cc1ccc(SCCNS(=O)(=O)c2ccc3c(c2)sc(=O)n3C)cc1. The molecule has 1 N–H and O–H groups in total. The van der Waals surface area contributed by atoms with E-state index in [0.717, 1.165) is 21.7 Å². The van der Waals surface area contributed by atoms with E-state index in [4.69, 9.17) is 0 Å². The summed E-state index contributed by atoms with van der Waals surface area (Å²) >= 11 is 2.65. The molecule has 0 fully saturated rings. The van der Waals surface area contributed by atoms with Gasteiger partial charge in [-0.25, -0.2) is 13.1 Å². The number of benzene rings is 2. The van der Waals surface area contributed by atoms with Crippen molar-refractivity contribution in [1.82, 2.24) is 9.29 Å². The molecular weight excluding hydrogens is 376 g/mol. The molecule has 1 heterocycles. The minimum atomic E-state index is -3.58. The molecule has 0 aliphatic rings. The second kappa shape index (κ2) is 7.33. The number of fused-ring (bicyclic) bond motifs is 1. The Labute approximate surface area is 154 Å². The molecule has 2 aromatic carbocycles. The number of aromatic nitrogens is 1. The van der Waals surface area contributed by atoms with Crippen LogP contribution in [0.15, 0.2) is 57.1 Å². The molecule has 0 bridgehead atoms. The molecule has 3 aromatic rings. The zero-order chi connectivity index (χ0) is 18.0. The largest absolute Gasteiger partial charge is 0.307 e. The van der Waals surface area contributed by atoms with Crippen LogP contribution in [0.4, 0.5) is 0 Å². The summed E-state index contributed by atoms with van der Waals surface area (Å²) in [7, 11) is -1.91. The first-order valence-electron chi connectivity index (χ1n) is 7.65. The van der Waals surface area contributed by atoms with E-state index in [1.54, 1.807) is 30.9 Å². The van der Waals surface area contributed by atoms with Crippen LogP contribution < -0.4 is 9.60 Å². The van der Waals surface area contributed by atoms with Crippen LogP contribution in [-0.4, -0.2) is 25.3 Å². The summed E-state index contributed by atoms with van der Waals surface area (Å²) in [5, 5.41) is 0. The molecule has 0 saturated heterocycles. The van der Waals surface area contributed by atoms with Crippen molar-refractivity contribution in [3.63, 3.8) is 0 Å². The van der Waals surface area contributed by atoms with Gasteiger partial charge < -0.3 is 4.57 Å². The quantitative estimate of drug-likeness (QED) is 0.516. The number of sulfonamides is 1. The monoisotopic (exact) mass is 394 g/mol. The molecule has 1 aromatic heterocycles. The van der Waals surface area contributed by atoms with Gasteiger partial charge in [0.1, 0.15) is 0 Å². The molecule has 25 heavy (non-hydrogen) atoms. The van der Waals surface area contributed by atoms with Crippen LogP contribution in [0.25, 0.3) is 10.2 Å². The van der Waals surface area contributed by atoms with Crippen molar-refractivity contribution in [2.24, 2.45) is 7.05 Å². The summed E-state index contributed by atoms with van der Waals surface area (Å²) < 4.78 is 29.6. The fraction of sp³-hybridized carbons (Fsp3) is 0.235. The lowest BCUT2D eigenvalue weighted by atomic mass is 10.2. The summed E-state index contributed by atoms with van der Waals surface area (Å²) in [5.74, 6) is 0.642. The van der Waals surface area contributed by atoms with Gasteiger partial charge in [0.2, 0.25) is 10.0 Å². The third kappa shape index (κ3) is 4.14. The van der Waals surface area contributed by atoms with Gasteiger partial charge in [0.25, 0.3) is 0 Å². The molecule has 0 saturated carbocycles. The van der Waals surface area contributed by atoms with Crippen molar-refractivity contribution in [3.8, 4) is 0 Å². The van der Waals surface area contributed by atoms with Crippen LogP contribution in [0, 0.1) is 6.92 Å². The summed E-state index contributed by atoms with van der Waals surface area (Å²) in [6.07, 6.45) is 0. The predicted molar refractivity (Wildman–Crippen MR) is 104 cm³/mol. The van der Waals surface area contributed by atoms with Gasteiger partial charge in [-0.2, -0.15) is 0 Å².